The number of hydrogen-bond acceptors (Lipinski definition) is 1. The molecule has 5 heteroatoms. The third kappa shape index (κ3) is 1.11. The normalized spacial score (nSPS) is 11.3. The number of fused-ring (bicyclic) bond motifs is 3. The van der Waals surface area contributed by atoms with E-state index in [1.165, 1.54) is 18.2 Å². The molecule has 2 heterocycles. The fraction of sp³-hybridized carbons (Fsp3) is 0. The van der Waals surface area contributed by atoms with Crippen molar-refractivity contribution in [3.8, 4) is 0 Å². The molecule has 0 aliphatic heterocycles. The molecule has 3 aromatic rings. The Labute approximate surface area is 88.7 Å². The van der Waals surface area contributed by atoms with E-state index in [0.29, 0.717) is 16.4 Å². The van der Waals surface area contributed by atoms with Gasteiger partial charge < -0.3 is 15.1 Å². The second-order valence-electron chi connectivity index (χ2n) is 3.59. The molecular formula is C11H7FN2O2. The summed E-state index contributed by atoms with van der Waals surface area (Å²) in [4.78, 5) is 16.5. The minimum Gasteiger partial charge on any atom is -0.477 e. The highest BCUT2D eigenvalue weighted by atomic mass is 19.1. The molecule has 0 fully saturated rings. The van der Waals surface area contributed by atoms with E-state index in [9.17, 15) is 9.18 Å². The summed E-state index contributed by atoms with van der Waals surface area (Å²) in [5, 5.41) is 10.2. The fourth-order valence-corrected chi connectivity index (χ4v) is 1.86. The van der Waals surface area contributed by atoms with Gasteiger partial charge in [-0.25, -0.2) is 9.18 Å². The van der Waals surface area contributed by atoms with Crippen LogP contribution in [0.4, 0.5) is 4.39 Å². The summed E-state index contributed by atoms with van der Waals surface area (Å²) in [6.45, 7) is 0. The van der Waals surface area contributed by atoms with Crippen LogP contribution in [-0.2, 0) is 0 Å². The Bertz CT molecular complexity index is 711. The predicted molar refractivity (Wildman–Crippen MR) is 57.1 cm³/mol. The third-order valence-electron chi connectivity index (χ3n) is 2.58. The Morgan fingerprint density at radius 2 is 2.00 bits per heavy atom. The number of carboxylic acid groups (broad SMARTS) is 1. The first-order chi connectivity index (χ1) is 7.65. The van der Waals surface area contributed by atoms with Crippen molar-refractivity contribution < 1.29 is 14.3 Å². The highest BCUT2D eigenvalue weighted by molar-refractivity contribution is 6.08. The van der Waals surface area contributed by atoms with Crippen LogP contribution in [-0.4, -0.2) is 21.0 Å². The third-order valence-corrected chi connectivity index (χ3v) is 2.58. The molecule has 0 spiro atoms. The molecular weight excluding hydrogens is 211 g/mol. The molecule has 0 aliphatic carbocycles. The highest BCUT2D eigenvalue weighted by Gasteiger charge is 2.12. The van der Waals surface area contributed by atoms with E-state index in [4.69, 9.17) is 5.11 Å². The van der Waals surface area contributed by atoms with Crippen LogP contribution in [0, 0.1) is 5.82 Å². The Morgan fingerprint density at radius 1 is 1.19 bits per heavy atom. The molecule has 0 atom stereocenters. The van der Waals surface area contributed by atoms with Crippen molar-refractivity contribution in [2.24, 2.45) is 0 Å². The molecule has 0 saturated carbocycles. The fourth-order valence-electron chi connectivity index (χ4n) is 1.86. The molecule has 16 heavy (non-hydrogen) atoms. The molecule has 80 valence electrons. The quantitative estimate of drug-likeness (QED) is 0.587. The average molecular weight is 218 g/mol. The zero-order valence-electron chi connectivity index (χ0n) is 8.04. The maximum atomic E-state index is 13.1. The summed E-state index contributed by atoms with van der Waals surface area (Å²) in [6.07, 6.45) is 0. The van der Waals surface area contributed by atoms with Gasteiger partial charge in [0.15, 0.2) is 0 Å². The number of halogens is 1. The molecule has 0 amide bonds. The Balaban J connectivity index is 2.40. The first kappa shape index (κ1) is 8.96. The second kappa shape index (κ2) is 2.85. The number of aromatic carboxylic acids is 1. The second-order valence-corrected chi connectivity index (χ2v) is 3.59. The SMILES string of the molecule is O=C(O)c1cc2c([nH]1)[nH]c1ccc(F)cc12. The summed E-state index contributed by atoms with van der Waals surface area (Å²) >= 11 is 0. The minimum atomic E-state index is -1.03. The maximum absolute atomic E-state index is 13.1. The molecule has 0 unspecified atom stereocenters. The largest absolute Gasteiger partial charge is 0.477 e. The lowest BCUT2D eigenvalue weighted by Gasteiger charge is -1.90. The van der Waals surface area contributed by atoms with Gasteiger partial charge in [0, 0.05) is 16.3 Å². The topological polar surface area (TPSA) is 68.9 Å². The zero-order valence-corrected chi connectivity index (χ0v) is 8.04. The first-order valence-electron chi connectivity index (χ1n) is 4.68. The monoisotopic (exact) mass is 218 g/mol. The number of carbonyl (C=O) groups is 1. The molecule has 2 aromatic heterocycles. The van der Waals surface area contributed by atoms with E-state index < -0.39 is 5.97 Å². The standard InChI is InChI=1S/C11H7FN2O2/c12-5-1-2-8-6(3-5)7-4-9(11(15)16)14-10(7)13-8/h1-4,13-14H,(H,15,16). The minimum absolute atomic E-state index is 0.0902. The lowest BCUT2D eigenvalue weighted by atomic mass is 10.2. The highest BCUT2D eigenvalue weighted by Crippen LogP contribution is 2.26. The van der Waals surface area contributed by atoms with Gasteiger partial charge in [-0.05, 0) is 24.3 Å². The predicted octanol–water partition coefficient (Wildman–Crippen LogP) is 2.49. The number of carboxylic acids is 1. The molecule has 4 nitrogen and oxygen atoms in total. The summed E-state index contributed by atoms with van der Waals surface area (Å²) in [5.41, 5.74) is 1.46. The van der Waals surface area contributed by atoms with Gasteiger partial charge in [-0.2, -0.15) is 0 Å². The zero-order chi connectivity index (χ0) is 11.3. The van der Waals surface area contributed by atoms with E-state index in [2.05, 4.69) is 9.97 Å². The smallest absolute Gasteiger partial charge is 0.352 e. The van der Waals surface area contributed by atoms with Gasteiger partial charge in [0.25, 0.3) is 0 Å². The van der Waals surface area contributed by atoms with Crippen LogP contribution < -0.4 is 0 Å². The van der Waals surface area contributed by atoms with Gasteiger partial charge >= 0.3 is 5.97 Å². The van der Waals surface area contributed by atoms with Crippen molar-refractivity contribution >= 4 is 27.9 Å². The Hall–Kier alpha value is -2.30. The van der Waals surface area contributed by atoms with Crippen LogP contribution in [0.15, 0.2) is 24.3 Å². The van der Waals surface area contributed by atoms with E-state index in [1.54, 1.807) is 6.07 Å². The number of H-pyrrole nitrogens is 2. The lowest BCUT2D eigenvalue weighted by Crippen LogP contribution is -1.95. The number of hydrogen-bond donors (Lipinski definition) is 3. The molecule has 1 aromatic carbocycles. The van der Waals surface area contributed by atoms with Gasteiger partial charge in [-0.1, -0.05) is 0 Å². The van der Waals surface area contributed by atoms with Crippen LogP contribution in [0.1, 0.15) is 10.5 Å². The summed E-state index contributed by atoms with van der Waals surface area (Å²) in [6, 6.07) is 5.86. The van der Waals surface area contributed by atoms with Crippen molar-refractivity contribution in [2.45, 2.75) is 0 Å². The van der Waals surface area contributed by atoms with Crippen LogP contribution >= 0.6 is 0 Å². The number of rotatable bonds is 1. The molecule has 3 N–H and O–H groups in total. The average Bonchev–Trinajstić information content (AvgIpc) is 2.75. The van der Waals surface area contributed by atoms with Gasteiger partial charge in [0.1, 0.15) is 17.2 Å². The number of aromatic nitrogens is 2. The van der Waals surface area contributed by atoms with E-state index in [0.717, 1.165) is 5.52 Å². The molecule has 0 aliphatic rings. The van der Waals surface area contributed by atoms with Crippen molar-refractivity contribution in [3.05, 3.63) is 35.8 Å². The van der Waals surface area contributed by atoms with E-state index in [-0.39, 0.29) is 11.5 Å². The number of benzene rings is 1. The van der Waals surface area contributed by atoms with Gasteiger partial charge in [-0.3, -0.25) is 0 Å². The maximum Gasteiger partial charge on any atom is 0.352 e. The van der Waals surface area contributed by atoms with Crippen LogP contribution in [0.2, 0.25) is 0 Å². The van der Waals surface area contributed by atoms with Gasteiger partial charge in [0.05, 0.1) is 0 Å². The van der Waals surface area contributed by atoms with Crippen LogP contribution in [0.3, 0.4) is 0 Å². The molecule has 3 rings (SSSR count). The van der Waals surface area contributed by atoms with E-state index >= 15 is 0 Å². The number of nitrogens with one attached hydrogen (secondary N) is 2. The van der Waals surface area contributed by atoms with Crippen molar-refractivity contribution in [2.75, 3.05) is 0 Å². The van der Waals surface area contributed by atoms with Crippen molar-refractivity contribution in [3.63, 3.8) is 0 Å². The van der Waals surface area contributed by atoms with Gasteiger partial charge in [0.2, 0.25) is 0 Å². The van der Waals surface area contributed by atoms with Crippen molar-refractivity contribution in [1.82, 2.24) is 9.97 Å². The Kier molecular flexibility index (Phi) is 1.60. The summed E-state index contributed by atoms with van der Waals surface area (Å²) in [5.74, 6) is -1.37. The summed E-state index contributed by atoms with van der Waals surface area (Å²) < 4.78 is 13.1. The molecule has 0 saturated heterocycles. The Morgan fingerprint density at radius 3 is 2.75 bits per heavy atom. The summed E-state index contributed by atoms with van der Waals surface area (Å²) in [7, 11) is 0. The first-order valence-corrected chi connectivity index (χ1v) is 4.68. The number of aromatic amines is 2. The van der Waals surface area contributed by atoms with Crippen LogP contribution in [0.5, 0.6) is 0 Å². The van der Waals surface area contributed by atoms with E-state index in [1.807, 2.05) is 0 Å². The van der Waals surface area contributed by atoms with Crippen LogP contribution in [0.25, 0.3) is 21.9 Å². The van der Waals surface area contributed by atoms with Gasteiger partial charge in [-0.15, -0.1) is 0 Å². The lowest BCUT2D eigenvalue weighted by molar-refractivity contribution is 0.0691. The molecule has 0 bridgehead atoms. The van der Waals surface area contributed by atoms with Crippen molar-refractivity contribution in [1.29, 1.82) is 0 Å². The molecule has 0 radical (unpaired) electrons.